The van der Waals surface area contributed by atoms with Crippen LogP contribution in [0.3, 0.4) is 0 Å². The van der Waals surface area contributed by atoms with Crippen molar-refractivity contribution in [3.05, 3.63) is 59.6 Å². The van der Waals surface area contributed by atoms with Crippen LogP contribution in [0.4, 0.5) is 0 Å². The van der Waals surface area contributed by atoms with E-state index in [9.17, 15) is 0 Å². The highest BCUT2D eigenvalue weighted by Gasteiger charge is 2.18. The van der Waals surface area contributed by atoms with E-state index in [1.54, 1.807) is 18.4 Å². The van der Waals surface area contributed by atoms with E-state index in [-0.39, 0.29) is 0 Å². The summed E-state index contributed by atoms with van der Waals surface area (Å²) in [4.78, 5) is 5.15. The normalized spacial score (nSPS) is 16.6. The third-order valence-electron chi connectivity index (χ3n) is 3.12. The van der Waals surface area contributed by atoms with Crippen molar-refractivity contribution in [3.8, 4) is 5.75 Å². The Morgan fingerprint density at radius 3 is 3.11 bits per heavy atom. The van der Waals surface area contributed by atoms with Gasteiger partial charge in [-0.1, -0.05) is 12.1 Å². The van der Waals surface area contributed by atoms with Gasteiger partial charge in [0, 0.05) is 18.3 Å². The van der Waals surface area contributed by atoms with Crippen LogP contribution in [-0.2, 0) is 11.5 Å². The van der Waals surface area contributed by atoms with Crippen LogP contribution in [0.2, 0.25) is 0 Å². The molecular weight excluding hydrogens is 242 g/mol. The lowest BCUT2D eigenvalue weighted by Crippen LogP contribution is -2.15. The molecule has 1 aromatic rings. The van der Waals surface area contributed by atoms with Gasteiger partial charge in [-0.25, -0.2) is 10.5 Å². The molecule has 98 valence electrons. The van der Waals surface area contributed by atoms with Crippen LogP contribution in [0.15, 0.2) is 48.4 Å². The molecule has 3 N–H and O–H groups in total. The molecule has 5 heteroatoms. The lowest BCUT2D eigenvalue weighted by molar-refractivity contribution is -0.112. The van der Waals surface area contributed by atoms with Gasteiger partial charge in [0.25, 0.3) is 0 Å². The van der Waals surface area contributed by atoms with E-state index >= 15 is 0 Å². The molecule has 0 radical (unpaired) electrons. The van der Waals surface area contributed by atoms with E-state index in [2.05, 4.69) is 5.48 Å². The maximum absolute atomic E-state index is 5.65. The first-order valence-corrected chi connectivity index (χ1v) is 6.01. The van der Waals surface area contributed by atoms with Crippen LogP contribution in [0.25, 0.3) is 5.57 Å². The highest BCUT2D eigenvalue weighted by Crippen LogP contribution is 2.32. The molecule has 2 aliphatic rings. The van der Waals surface area contributed by atoms with E-state index in [0.717, 1.165) is 28.1 Å². The monoisotopic (exact) mass is 257 g/mol. The quantitative estimate of drug-likeness (QED) is 0.862. The summed E-state index contributed by atoms with van der Waals surface area (Å²) in [5.74, 6) is 0.819. The molecule has 0 spiro atoms. The smallest absolute Gasteiger partial charge is 0.127 e. The highest BCUT2D eigenvalue weighted by atomic mass is 16.8. The Morgan fingerprint density at radius 1 is 1.42 bits per heavy atom. The number of hydrogen-bond donors (Lipinski definition) is 2. The number of nitrogens with one attached hydrogen (secondary N) is 1. The van der Waals surface area contributed by atoms with Gasteiger partial charge >= 0.3 is 0 Å². The van der Waals surface area contributed by atoms with Crippen LogP contribution < -0.4 is 16.0 Å². The summed E-state index contributed by atoms with van der Waals surface area (Å²) >= 11 is 0. The van der Waals surface area contributed by atoms with Gasteiger partial charge in [0.1, 0.15) is 5.75 Å². The lowest BCUT2D eigenvalue weighted by Gasteiger charge is -2.18. The van der Waals surface area contributed by atoms with Gasteiger partial charge in [0.2, 0.25) is 0 Å². The van der Waals surface area contributed by atoms with E-state index in [1.165, 1.54) is 0 Å². The zero-order chi connectivity index (χ0) is 13.2. The number of methoxy groups -OCH3 is 1. The van der Waals surface area contributed by atoms with Crippen molar-refractivity contribution in [2.24, 2.45) is 5.73 Å². The Kier molecular flexibility index (Phi) is 2.98. The lowest BCUT2D eigenvalue weighted by atomic mass is 10.00. The molecule has 0 saturated carbocycles. The van der Waals surface area contributed by atoms with Crippen LogP contribution in [-0.4, -0.2) is 12.2 Å². The van der Waals surface area contributed by atoms with Gasteiger partial charge in [0.15, 0.2) is 0 Å². The topological polar surface area (TPSA) is 59.8 Å². The van der Waals surface area contributed by atoms with Crippen molar-refractivity contribution in [1.82, 2.24) is 10.5 Å². The molecule has 0 aliphatic carbocycles. The minimum atomic E-state index is 0.502. The molecule has 0 fully saturated rings. The average molecular weight is 257 g/mol. The fraction of sp³-hybridized carbons (Fsp3) is 0.143. The minimum absolute atomic E-state index is 0.502. The van der Waals surface area contributed by atoms with Crippen molar-refractivity contribution in [2.45, 2.75) is 6.54 Å². The SMILES string of the molecule is COc1cc(CN)ccc1C1=CC2=CNON2C=C1. The molecule has 0 aromatic heterocycles. The van der Waals surface area contributed by atoms with Gasteiger partial charge in [-0.2, -0.15) is 4.94 Å². The van der Waals surface area contributed by atoms with Crippen LogP contribution in [0, 0.1) is 0 Å². The Balaban J connectivity index is 2.00. The largest absolute Gasteiger partial charge is 0.496 e. The zero-order valence-electron chi connectivity index (χ0n) is 10.6. The Hall–Kier alpha value is -2.24. The molecular formula is C14H15N3O2. The molecule has 5 nitrogen and oxygen atoms in total. The average Bonchev–Trinajstić information content (AvgIpc) is 2.93. The van der Waals surface area contributed by atoms with Gasteiger partial charge in [-0.05, 0) is 29.4 Å². The van der Waals surface area contributed by atoms with Crippen molar-refractivity contribution in [1.29, 1.82) is 0 Å². The fourth-order valence-electron chi connectivity index (χ4n) is 2.11. The molecule has 1 aromatic carbocycles. The van der Waals surface area contributed by atoms with Gasteiger partial charge in [0.05, 0.1) is 19.0 Å². The van der Waals surface area contributed by atoms with Crippen molar-refractivity contribution < 1.29 is 9.68 Å². The second-order valence-corrected chi connectivity index (χ2v) is 4.26. The first-order valence-electron chi connectivity index (χ1n) is 6.01. The Labute approximate surface area is 111 Å². The van der Waals surface area contributed by atoms with Gasteiger partial charge < -0.3 is 10.5 Å². The molecule has 0 unspecified atom stereocenters. The predicted octanol–water partition coefficient (Wildman–Crippen LogP) is 1.66. The van der Waals surface area contributed by atoms with E-state index < -0.39 is 0 Å². The van der Waals surface area contributed by atoms with Crippen molar-refractivity contribution in [3.63, 3.8) is 0 Å². The van der Waals surface area contributed by atoms with E-state index in [0.29, 0.717) is 6.54 Å². The molecule has 0 amide bonds. The number of nitrogens with two attached hydrogens (primary N) is 1. The molecule has 0 saturated heterocycles. The first kappa shape index (κ1) is 11.8. The summed E-state index contributed by atoms with van der Waals surface area (Å²) in [6.07, 6.45) is 7.66. The van der Waals surface area contributed by atoms with E-state index in [1.807, 2.05) is 36.6 Å². The number of hydrogen-bond acceptors (Lipinski definition) is 5. The van der Waals surface area contributed by atoms with Gasteiger partial charge in [-0.3, -0.25) is 0 Å². The third-order valence-corrected chi connectivity index (χ3v) is 3.12. The number of nitrogens with zero attached hydrogens (tertiary/aromatic N) is 1. The van der Waals surface area contributed by atoms with Crippen LogP contribution in [0.1, 0.15) is 11.1 Å². The summed E-state index contributed by atoms with van der Waals surface area (Å²) in [6, 6.07) is 6.00. The summed E-state index contributed by atoms with van der Waals surface area (Å²) in [5.41, 5.74) is 12.4. The number of hydroxylamine groups is 3. The molecule has 3 rings (SSSR count). The fourth-order valence-corrected chi connectivity index (χ4v) is 2.11. The first-order chi connectivity index (χ1) is 9.31. The maximum atomic E-state index is 5.65. The summed E-state index contributed by atoms with van der Waals surface area (Å²) in [5, 5.41) is 1.66. The second kappa shape index (κ2) is 4.79. The summed E-state index contributed by atoms with van der Waals surface area (Å²) in [6.45, 7) is 0.502. The van der Waals surface area contributed by atoms with Crippen LogP contribution in [0.5, 0.6) is 5.75 Å². The van der Waals surface area contributed by atoms with Crippen molar-refractivity contribution in [2.75, 3.05) is 7.11 Å². The highest BCUT2D eigenvalue weighted by molar-refractivity contribution is 5.80. The Bertz CT molecular complexity index is 590. The summed E-state index contributed by atoms with van der Waals surface area (Å²) in [7, 11) is 1.66. The molecule has 2 aliphatic heterocycles. The predicted molar refractivity (Wildman–Crippen MR) is 72.1 cm³/mol. The second-order valence-electron chi connectivity index (χ2n) is 4.26. The summed E-state index contributed by atoms with van der Waals surface area (Å²) < 4.78 is 5.44. The van der Waals surface area contributed by atoms with Crippen molar-refractivity contribution >= 4 is 5.57 Å². The number of fused-ring (bicyclic) bond motifs is 1. The standard InChI is InChI=1S/C14H15N3O2/c1-18-14-6-10(8-15)2-3-13(14)11-4-5-17-12(7-11)9-16-19-17/h2-7,9,16H,8,15H2,1H3. The van der Waals surface area contributed by atoms with E-state index in [4.69, 9.17) is 15.4 Å². The minimum Gasteiger partial charge on any atom is -0.496 e. The Morgan fingerprint density at radius 2 is 2.32 bits per heavy atom. The molecule has 2 heterocycles. The molecule has 0 bridgehead atoms. The molecule has 19 heavy (non-hydrogen) atoms. The number of ether oxygens (including phenoxy) is 1. The third kappa shape index (κ3) is 2.09. The number of rotatable bonds is 3. The molecule has 0 atom stereocenters. The van der Waals surface area contributed by atoms with Crippen LogP contribution >= 0.6 is 0 Å². The number of allylic oxidation sites excluding steroid dienone is 3. The maximum Gasteiger partial charge on any atom is 0.127 e. The van der Waals surface area contributed by atoms with Gasteiger partial charge in [-0.15, -0.1) is 0 Å². The number of benzene rings is 1. The zero-order valence-corrected chi connectivity index (χ0v) is 10.6.